The van der Waals surface area contributed by atoms with Crippen LogP contribution in [0.3, 0.4) is 0 Å². The van der Waals surface area contributed by atoms with Crippen LogP contribution in [0.2, 0.25) is 0 Å². The molecule has 0 spiro atoms. The summed E-state index contributed by atoms with van der Waals surface area (Å²) in [5.41, 5.74) is 6.18. The Labute approximate surface area is 52.7 Å². The van der Waals surface area contributed by atoms with Gasteiger partial charge in [-0.05, 0) is 6.07 Å². The number of nitrogens with zero attached hydrogens (tertiary/aromatic N) is 1. The van der Waals surface area contributed by atoms with Gasteiger partial charge in [0.15, 0.2) is 0 Å². The largest absolute Gasteiger partial charge is 0.394 e. The summed E-state index contributed by atoms with van der Waals surface area (Å²) in [5.74, 6) is 0. The molecule has 0 radical (unpaired) electrons. The molecule has 1 atom stereocenters. The van der Waals surface area contributed by atoms with Gasteiger partial charge in [-0.15, -0.1) is 0 Å². The van der Waals surface area contributed by atoms with Crippen LogP contribution in [0.5, 0.6) is 0 Å². The van der Waals surface area contributed by atoms with Crippen LogP contribution < -0.4 is 5.73 Å². The molecule has 9 heavy (non-hydrogen) atoms. The SMILES string of the molecule is N[C@@H](CO)c1ccn[nH]1. The van der Waals surface area contributed by atoms with Crippen LogP contribution in [-0.4, -0.2) is 21.9 Å². The van der Waals surface area contributed by atoms with Gasteiger partial charge in [-0.25, -0.2) is 0 Å². The fourth-order valence-corrected chi connectivity index (χ4v) is 0.571. The van der Waals surface area contributed by atoms with E-state index in [1.54, 1.807) is 12.3 Å². The first-order valence-corrected chi connectivity index (χ1v) is 2.70. The van der Waals surface area contributed by atoms with E-state index < -0.39 is 0 Å². The summed E-state index contributed by atoms with van der Waals surface area (Å²) in [6.45, 7) is -0.0534. The van der Waals surface area contributed by atoms with E-state index in [2.05, 4.69) is 10.2 Å². The van der Waals surface area contributed by atoms with Crippen molar-refractivity contribution in [2.45, 2.75) is 6.04 Å². The minimum Gasteiger partial charge on any atom is -0.394 e. The molecule has 1 aromatic heterocycles. The number of aliphatic hydroxyl groups excluding tert-OH is 1. The third kappa shape index (κ3) is 1.28. The highest BCUT2D eigenvalue weighted by atomic mass is 16.3. The van der Waals surface area contributed by atoms with Gasteiger partial charge in [0.25, 0.3) is 0 Å². The summed E-state index contributed by atoms with van der Waals surface area (Å²) in [4.78, 5) is 0. The van der Waals surface area contributed by atoms with E-state index in [0.717, 1.165) is 5.69 Å². The number of nitrogens with two attached hydrogens (primary N) is 1. The molecular weight excluding hydrogens is 118 g/mol. The van der Waals surface area contributed by atoms with Gasteiger partial charge in [-0.3, -0.25) is 5.10 Å². The second kappa shape index (κ2) is 2.61. The van der Waals surface area contributed by atoms with Crippen molar-refractivity contribution in [3.05, 3.63) is 18.0 Å². The molecule has 0 aliphatic carbocycles. The zero-order valence-electron chi connectivity index (χ0n) is 4.91. The summed E-state index contributed by atoms with van der Waals surface area (Å²) in [6, 6.07) is 1.41. The number of hydrogen-bond acceptors (Lipinski definition) is 3. The average molecular weight is 127 g/mol. The number of H-pyrrole nitrogens is 1. The first-order chi connectivity index (χ1) is 4.34. The maximum Gasteiger partial charge on any atom is 0.0699 e. The van der Waals surface area contributed by atoms with Crippen LogP contribution in [0.15, 0.2) is 12.3 Å². The van der Waals surface area contributed by atoms with E-state index in [-0.39, 0.29) is 12.6 Å². The van der Waals surface area contributed by atoms with Gasteiger partial charge in [-0.1, -0.05) is 0 Å². The van der Waals surface area contributed by atoms with E-state index in [1.807, 2.05) is 0 Å². The van der Waals surface area contributed by atoms with Crippen molar-refractivity contribution >= 4 is 0 Å². The summed E-state index contributed by atoms with van der Waals surface area (Å²) in [6.07, 6.45) is 1.60. The highest BCUT2D eigenvalue weighted by Crippen LogP contribution is 2.02. The molecule has 0 aliphatic rings. The molecule has 0 bridgehead atoms. The predicted molar refractivity (Wildman–Crippen MR) is 32.6 cm³/mol. The van der Waals surface area contributed by atoms with Gasteiger partial charge >= 0.3 is 0 Å². The lowest BCUT2D eigenvalue weighted by Gasteiger charge is -2.01. The van der Waals surface area contributed by atoms with E-state index in [1.165, 1.54) is 0 Å². The Balaban J connectivity index is 2.65. The highest BCUT2D eigenvalue weighted by Gasteiger charge is 2.02. The molecule has 50 valence electrons. The standard InChI is InChI=1S/C5H9N3O/c6-4(3-9)5-1-2-7-8-5/h1-2,4,9H,3,6H2,(H,7,8)/t4-/m0/s1. The van der Waals surface area contributed by atoms with Crippen LogP contribution in [0.4, 0.5) is 0 Å². The molecule has 4 nitrogen and oxygen atoms in total. The number of nitrogens with one attached hydrogen (secondary N) is 1. The Morgan fingerprint density at radius 2 is 2.67 bits per heavy atom. The minimum atomic E-state index is -0.326. The molecule has 1 aromatic rings. The predicted octanol–water partition coefficient (Wildman–Crippen LogP) is -0.598. The fourth-order valence-electron chi connectivity index (χ4n) is 0.571. The Bertz CT molecular complexity index is 161. The Morgan fingerprint density at radius 1 is 1.89 bits per heavy atom. The summed E-state index contributed by atoms with van der Waals surface area (Å²) in [7, 11) is 0. The smallest absolute Gasteiger partial charge is 0.0699 e. The van der Waals surface area contributed by atoms with Crippen LogP contribution in [0.1, 0.15) is 11.7 Å². The Hall–Kier alpha value is -0.870. The van der Waals surface area contributed by atoms with Gasteiger partial charge in [-0.2, -0.15) is 5.10 Å². The molecule has 0 saturated carbocycles. The molecule has 0 amide bonds. The lowest BCUT2D eigenvalue weighted by molar-refractivity contribution is 0.266. The van der Waals surface area contributed by atoms with Crippen LogP contribution in [0, 0.1) is 0 Å². The summed E-state index contributed by atoms with van der Waals surface area (Å²) < 4.78 is 0. The zero-order chi connectivity index (χ0) is 6.69. The van der Waals surface area contributed by atoms with Gasteiger partial charge in [0.05, 0.1) is 18.3 Å². The molecule has 4 heteroatoms. The van der Waals surface area contributed by atoms with E-state index in [0.29, 0.717) is 0 Å². The van der Waals surface area contributed by atoms with Gasteiger partial charge in [0, 0.05) is 6.20 Å². The molecule has 1 heterocycles. The molecule has 4 N–H and O–H groups in total. The van der Waals surface area contributed by atoms with E-state index >= 15 is 0 Å². The van der Waals surface area contributed by atoms with Crippen LogP contribution >= 0.6 is 0 Å². The van der Waals surface area contributed by atoms with Gasteiger partial charge < -0.3 is 10.8 Å². The zero-order valence-corrected chi connectivity index (χ0v) is 4.91. The molecule has 0 fully saturated rings. The van der Waals surface area contributed by atoms with Crippen LogP contribution in [0.25, 0.3) is 0 Å². The number of rotatable bonds is 2. The van der Waals surface area contributed by atoms with E-state index in [4.69, 9.17) is 10.8 Å². The van der Waals surface area contributed by atoms with Crippen LogP contribution in [-0.2, 0) is 0 Å². The normalized spacial score (nSPS) is 13.6. The summed E-state index contributed by atoms with van der Waals surface area (Å²) in [5, 5.41) is 14.9. The second-order valence-corrected chi connectivity index (χ2v) is 1.80. The number of hydrogen-bond donors (Lipinski definition) is 3. The molecule has 1 rings (SSSR count). The topological polar surface area (TPSA) is 74.9 Å². The maximum absolute atomic E-state index is 8.53. The van der Waals surface area contributed by atoms with Crippen molar-refractivity contribution in [3.63, 3.8) is 0 Å². The monoisotopic (exact) mass is 127 g/mol. The number of aliphatic hydroxyl groups is 1. The number of aromatic nitrogens is 2. The quantitative estimate of drug-likeness (QED) is 0.496. The van der Waals surface area contributed by atoms with Crippen molar-refractivity contribution in [3.8, 4) is 0 Å². The minimum absolute atomic E-state index is 0.0534. The highest BCUT2D eigenvalue weighted by molar-refractivity contribution is 5.02. The Morgan fingerprint density at radius 3 is 3.11 bits per heavy atom. The van der Waals surface area contributed by atoms with Gasteiger partial charge in [0.1, 0.15) is 0 Å². The first kappa shape index (κ1) is 6.25. The Kier molecular flexibility index (Phi) is 1.81. The lowest BCUT2D eigenvalue weighted by atomic mass is 10.2. The lowest BCUT2D eigenvalue weighted by Crippen LogP contribution is -2.14. The summed E-state index contributed by atoms with van der Waals surface area (Å²) >= 11 is 0. The van der Waals surface area contributed by atoms with Crippen molar-refractivity contribution in [2.24, 2.45) is 5.73 Å². The second-order valence-electron chi connectivity index (χ2n) is 1.80. The third-order valence-corrected chi connectivity index (χ3v) is 1.12. The molecule has 0 unspecified atom stereocenters. The maximum atomic E-state index is 8.53. The molecule has 0 aliphatic heterocycles. The van der Waals surface area contributed by atoms with Gasteiger partial charge in [0.2, 0.25) is 0 Å². The van der Waals surface area contributed by atoms with E-state index in [9.17, 15) is 0 Å². The van der Waals surface area contributed by atoms with Crippen molar-refractivity contribution in [1.29, 1.82) is 0 Å². The third-order valence-electron chi connectivity index (χ3n) is 1.12. The molecule has 0 aromatic carbocycles. The molecular formula is C5H9N3O. The van der Waals surface area contributed by atoms with Crippen molar-refractivity contribution < 1.29 is 5.11 Å². The molecule has 0 saturated heterocycles. The number of aromatic amines is 1. The first-order valence-electron chi connectivity index (χ1n) is 2.70. The fraction of sp³-hybridized carbons (Fsp3) is 0.400. The van der Waals surface area contributed by atoms with Crippen molar-refractivity contribution in [2.75, 3.05) is 6.61 Å². The van der Waals surface area contributed by atoms with Crippen molar-refractivity contribution in [1.82, 2.24) is 10.2 Å². The average Bonchev–Trinajstić information content (AvgIpc) is 2.37.